The molecule has 0 saturated carbocycles. The van der Waals surface area contributed by atoms with E-state index in [1.807, 2.05) is 48.7 Å². The largest absolute Gasteiger partial charge is 0.377 e. The lowest BCUT2D eigenvalue weighted by atomic mass is 10.2. The second-order valence-corrected chi connectivity index (χ2v) is 6.57. The van der Waals surface area contributed by atoms with Gasteiger partial charge in [-0.15, -0.1) is 22.7 Å². The molecule has 1 aromatic carbocycles. The van der Waals surface area contributed by atoms with Crippen LogP contribution in [0.1, 0.15) is 23.0 Å². The van der Waals surface area contributed by atoms with Gasteiger partial charge in [-0.3, -0.25) is 4.79 Å². The maximum Gasteiger partial charge on any atom is 0.275 e. The van der Waals surface area contributed by atoms with Crippen molar-refractivity contribution in [1.82, 2.24) is 4.98 Å². The molecule has 0 saturated heterocycles. The van der Waals surface area contributed by atoms with Crippen LogP contribution in [0.25, 0.3) is 9.88 Å². The summed E-state index contributed by atoms with van der Waals surface area (Å²) in [6, 6.07) is 11.6. The highest BCUT2D eigenvalue weighted by Crippen LogP contribution is 2.28. The number of para-hydroxylation sites is 1. The van der Waals surface area contributed by atoms with E-state index in [4.69, 9.17) is 4.74 Å². The minimum Gasteiger partial charge on any atom is -0.377 e. The Morgan fingerprint density at radius 3 is 2.87 bits per heavy atom. The molecule has 0 unspecified atom stereocenters. The summed E-state index contributed by atoms with van der Waals surface area (Å²) in [7, 11) is 0. The zero-order valence-corrected chi connectivity index (χ0v) is 14.2. The number of anilines is 1. The van der Waals surface area contributed by atoms with Crippen molar-refractivity contribution >= 4 is 34.3 Å². The molecule has 23 heavy (non-hydrogen) atoms. The van der Waals surface area contributed by atoms with Gasteiger partial charge in [0.1, 0.15) is 10.7 Å². The molecule has 118 valence electrons. The molecule has 0 fully saturated rings. The quantitative estimate of drug-likeness (QED) is 0.707. The van der Waals surface area contributed by atoms with Crippen molar-refractivity contribution in [3.63, 3.8) is 0 Å². The van der Waals surface area contributed by atoms with Crippen LogP contribution in [0.4, 0.5) is 5.69 Å². The molecule has 6 heteroatoms. The van der Waals surface area contributed by atoms with Crippen LogP contribution in [0.15, 0.2) is 47.2 Å². The van der Waals surface area contributed by atoms with Crippen LogP contribution in [0, 0.1) is 0 Å². The lowest BCUT2D eigenvalue weighted by Gasteiger charge is -2.10. The molecule has 4 nitrogen and oxygen atoms in total. The molecule has 3 aromatic rings. The predicted octanol–water partition coefficient (Wildman–Crippen LogP) is 4.66. The van der Waals surface area contributed by atoms with Crippen LogP contribution in [0.3, 0.4) is 0 Å². The number of nitrogens with zero attached hydrogens (tertiary/aromatic N) is 1. The first kappa shape index (κ1) is 15.9. The highest BCUT2D eigenvalue weighted by Gasteiger charge is 2.14. The Morgan fingerprint density at radius 2 is 2.09 bits per heavy atom. The molecule has 2 aromatic heterocycles. The number of ether oxygens (including phenoxy) is 1. The summed E-state index contributed by atoms with van der Waals surface area (Å²) in [6.45, 7) is 3.06. The third-order valence-corrected chi connectivity index (χ3v) is 5.08. The average Bonchev–Trinajstić information content (AvgIpc) is 3.24. The summed E-state index contributed by atoms with van der Waals surface area (Å²) >= 11 is 3.09. The van der Waals surface area contributed by atoms with Crippen molar-refractivity contribution in [3.05, 3.63) is 58.4 Å². The van der Waals surface area contributed by atoms with E-state index >= 15 is 0 Å². The van der Waals surface area contributed by atoms with E-state index in [-0.39, 0.29) is 5.91 Å². The Morgan fingerprint density at radius 1 is 1.22 bits per heavy atom. The summed E-state index contributed by atoms with van der Waals surface area (Å²) in [5, 5.41) is 7.58. The van der Waals surface area contributed by atoms with Crippen molar-refractivity contribution in [1.29, 1.82) is 0 Å². The van der Waals surface area contributed by atoms with Crippen molar-refractivity contribution < 1.29 is 9.53 Å². The van der Waals surface area contributed by atoms with Crippen molar-refractivity contribution in [2.45, 2.75) is 13.5 Å². The van der Waals surface area contributed by atoms with E-state index in [1.54, 1.807) is 16.7 Å². The Balaban J connectivity index is 1.75. The van der Waals surface area contributed by atoms with Gasteiger partial charge in [0, 0.05) is 23.2 Å². The molecular formula is C17H16N2O2S2. The maximum absolute atomic E-state index is 12.4. The highest BCUT2D eigenvalue weighted by atomic mass is 32.1. The molecule has 0 aliphatic rings. The van der Waals surface area contributed by atoms with E-state index < -0.39 is 0 Å². The minimum absolute atomic E-state index is 0.201. The highest BCUT2D eigenvalue weighted by molar-refractivity contribution is 7.20. The SMILES string of the molecule is CCOCc1ccccc1NC(=O)c1csc(-c2cccs2)n1. The number of aromatic nitrogens is 1. The van der Waals surface area contributed by atoms with Crippen molar-refractivity contribution in [2.75, 3.05) is 11.9 Å². The van der Waals surface area contributed by atoms with E-state index in [0.29, 0.717) is 18.9 Å². The summed E-state index contributed by atoms with van der Waals surface area (Å²) in [6.07, 6.45) is 0. The predicted molar refractivity (Wildman–Crippen MR) is 95.2 cm³/mol. The Bertz CT molecular complexity index is 782. The van der Waals surface area contributed by atoms with E-state index in [2.05, 4.69) is 10.3 Å². The number of carbonyl (C=O) groups excluding carboxylic acids is 1. The topological polar surface area (TPSA) is 51.2 Å². The summed E-state index contributed by atoms with van der Waals surface area (Å²) in [5.74, 6) is -0.201. The van der Waals surface area contributed by atoms with Gasteiger partial charge >= 0.3 is 0 Å². The fraction of sp³-hybridized carbons (Fsp3) is 0.176. The van der Waals surface area contributed by atoms with Crippen LogP contribution in [0.2, 0.25) is 0 Å². The van der Waals surface area contributed by atoms with Crippen LogP contribution < -0.4 is 5.32 Å². The number of benzene rings is 1. The number of amides is 1. The third kappa shape index (κ3) is 3.85. The minimum atomic E-state index is -0.201. The van der Waals surface area contributed by atoms with Gasteiger partial charge in [-0.1, -0.05) is 24.3 Å². The smallest absolute Gasteiger partial charge is 0.275 e. The zero-order valence-electron chi connectivity index (χ0n) is 12.6. The molecule has 0 radical (unpaired) electrons. The van der Waals surface area contributed by atoms with Gasteiger partial charge in [-0.25, -0.2) is 4.98 Å². The molecule has 1 amide bonds. The normalized spacial score (nSPS) is 10.7. The second kappa shape index (κ2) is 7.50. The van der Waals surface area contributed by atoms with Crippen LogP contribution in [-0.4, -0.2) is 17.5 Å². The third-order valence-electron chi connectivity index (χ3n) is 3.20. The summed E-state index contributed by atoms with van der Waals surface area (Å²) in [4.78, 5) is 17.9. The summed E-state index contributed by atoms with van der Waals surface area (Å²) in [5.41, 5.74) is 2.15. The summed E-state index contributed by atoms with van der Waals surface area (Å²) < 4.78 is 5.44. The number of thiophene rings is 1. The van der Waals surface area contributed by atoms with E-state index in [0.717, 1.165) is 21.1 Å². The molecule has 0 atom stereocenters. The lowest BCUT2D eigenvalue weighted by Crippen LogP contribution is -2.14. The number of hydrogen-bond donors (Lipinski definition) is 1. The number of thiazole rings is 1. The van der Waals surface area contributed by atoms with E-state index in [9.17, 15) is 4.79 Å². The first-order valence-corrected chi connectivity index (χ1v) is 9.00. The monoisotopic (exact) mass is 344 g/mol. The van der Waals surface area contributed by atoms with Gasteiger partial charge in [-0.2, -0.15) is 0 Å². The Hall–Kier alpha value is -2.02. The molecule has 2 heterocycles. The van der Waals surface area contributed by atoms with Gasteiger partial charge in [0.25, 0.3) is 5.91 Å². The molecule has 3 rings (SSSR count). The molecule has 0 spiro atoms. The zero-order chi connectivity index (χ0) is 16.1. The fourth-order valence-corrected chi connectivity index (χ4v) is 3.67. The van der Waals surface area contributed by atoms with E-state index in [1.165, 1.54) is 11.3 Å². The van der Waals surface area contributed by atoms with Crippen LogP contribution in [0.5, 0.6) is 0 Å². The Kier molecular flexibility index (Phi) is 5.17. The first-order valence-electron chi connectivity index (χ1n) is 7.24. The molecular weight excluding hydrogens is 328 g/mol. The number of rotatable bonds is 6. The lowest BCUT2D eigenvalue weighted by molar-refractivity contribution is 0.102. The fourth-order valence-electron chi connectivity index (χ4n) is 2.06. The van der Waals surface area contributed by atoms with Gasteiger partial charge in [0.15, 0.2) is 0 Å². The Labute approximate surface area is 142 Å². The van der Waals surface area contributed by atoms with Gasteiger partial charge in [-0.05, 0) is 24.4 Å². The standard InChI is InChI=1S/C17H16N2O2S2/c1-2-21-10-12-6-3-4-7-13(12)18-16(20)14-11-23-17(19-14)15-8-5-9-22-15/h3-9,11H,2,10H2,1H3,(H,18,20). The van der Waals surface area contributed by atoms with Crippen LogP contribution in [-0.2, 0) is 11.3 Å². The number of nitrogens with one attached hydrogen (secondary N) is 1. The van der Waals surface area contributed by atoms with Gasteiger partial charge in [0.05, 0.1) is 11.5 Å². The molecule has 1 N–H and O–H groups in total. The second-order valence-electron chi connectivity index (χ2n) is 4.76. The average molecular weight is 344 g/mol. The van der Waals surface area contributed by atoms with Crippen molar-refractivity contribution in [2.24, 2.45) is 0 Å². The van der Waals surface area contributed by atoms with Crippen molar-refractivity contribution in [3.8, 4) is 9.88 Å². The first-order chi connectivity index (χ1) is 11.3. The number of carbonyl (C=O) groups is 1. The molecule has 0 aliphatic heterocycles. The number of hydrogen-bond acceptors (Lipinski definition) is 5. The van der Waals surface area contributed by atoms with Crippen LogP contribution >= 0.6 is 22.7 Å². The molecule has 0 bridgehead atoms. The molecule has 0 aliphatic carbocycles. The maximum atomic E-state index is 12.4. The van der Waals surface area contributed by atoms with Gasteiger partial charge < -0.3 is 10.1 Å². The van der Waals surface area contributed by atoms with Gasteiger partial charge in [0.2, 0.25) is 0 Å².